The first-order valence-corrected chi connectivity index (χ1v) is 8.74. The average molecular weight is 374 g/mol. The Morgan fingerprint density at radius 2 is 1.56 bits per heavy atom. The summed E-state index contributed by atoms with van der Waals surface area (Å²) in [6.45, 7) is 3.71. The molecule has 0 bridgehead atoms. The topological polar surface area (TPSA) is 78.1 Å². The Hall–Kier alpha value is -3.09. The van der Waals surface area contributed by atoms with Gasteiger partial charge in [-0.1, -0.05) is 6.07 Å². The molecule has 7 heteroatoms. The van der Waals surface area contributed by atoms with E-state index in [4.69, 9.17) is 18.9 Å². The van der Waals surface area contributed by atoms with E-state index in [1.165, 1.54) is 0 Å². The molecule has 0 saturated heterocycles. The number of hydrogen-bond donors (Lipinski definition) is 2. The van der Waals surface area contributed by atoms with E-state index in [-0.39, 0.29) is 6.03 Å². The maximum absolute atomic E-state index is 11.9. The number of ether oxygens (including phenoxy) is 4. The third-order valence-corrected chi connectivity index (χ3v) is 3.69. The van der Waals surface area contributed by atoms with Crippen LogP contribution in [0.2, 0.25) is 0 Å². The van der Waals surface area contributed by atoms with Crippen LogP contribution in [0, 0.1) is 0 Å². The molecule has 0 saturated carbocycles. The molecule has 2 amide bonds. The highest BCUT2D eigenvalue weighted by Crippen LogP contribution is 2.27. The van der Waals surface area contributed by atoms with Crippen molar-refractivity contribution in [2.75, 3.05) is 34.0 Å². The van der Waals surface area contributed by atoms with Crippen molar-refractivity contribution in [2.45, 2.75) is 13.5 Å². The van der Waals surface area contributed by atoms with Crippen LogP contribution in [0.5, 0.6) is 23.0 Å². The second-order valence-corrected chi connectivity index (χ2v) is 5.55. The Balaban J connectivity index is 1.67. The van der Waals surface area contributed by atoms with Crippen LogP contribution in [0.25, 0.3) is 0 Å². The number of nitrogens with one attached hydrogen (secondary N) is 2. The lowest BCUT2D eigenvalue weighted by atomic mass is 10.2. The number of methoxy groups -OCH3 is 2. The minimum absolute atomic E-state index is 0.264. The molecule has 2 aromatic rings. The molecule has 2 aromatic carbocycles. The highest BCUT2D eigenvalue weighted by molar-refractivity contribution is 5.73. The van der Waals surface area contributed by atoms with Gasteiger partial charge in [-0.15, -0.1) is 0 Å². The average Bonchev–Trinajstić information content (AvgIpc) is 2.70. The minimum Gasteiger partial charge on any atom is -0.494 e. The Kier molecular flexibility index (Phi) is 8.09. The van der Waals surface area contributed by atoms with Gasteiger partial charge in [-0.05, 0) is 48.9 Å². The summed E-state index contributed by atoms with van der Waals surface area (Å²) in [5.74, 6) is 2.81. The molecule has 0 unspecified atom stereocenters. The van der Waals surface area contributed by atoms with Crippen LogP contribution in [-0.2, 0) is 6.54 Å². The largest absolute Gasteiger partial charge is 0.494 e. The molecule has 27 heavy (non-hydrogen) atoms. The molecule has 0 heterocycles. The van der Waals surface area contributed by atoms with Gasteiger partial charge in [0, 0.05) is 6.54 Å². The molecular weight excluding hydrogens is 348 g/mol. The van der Waals surface area contributed by atoms with Crippen molar-refractivity contribution in [3.8, 4) is 23.0 Å². The molecule has 146 valence electrons. The highest BCUT2D eigenvalue weighted by atomic mass is 16.5. The molecule has 0 aromatic heterocycles. The van der Waals surface area contributed by atoms with Gasteiger partial charge in [-0.25, -0.2) is 4.79 Å². The van der Waals surface area contributed by atoms with Crippen molar-refractivity contribution in [3.05, 3.63) is 48.0 Å². The quantitative estimate of drug-likeness (QED) is 0.625. The number of rotatable bonds is 10. The molecule has 7 nitrogen and oxygen atoms in total. The van der Waals surface area contributed by atoms with Crippen molar-refractivity contribution in [2.24, 2.45) is 0 Å². The van der Waals surface area contributed by atoms with Gasteiger partial charge in [0.25, 0.3) is 0 Å². The number of benzene rings is 2. The lowest BCUT2D eigenvalue weighted by molar-refractivity contribution is 0.236. The maximum Gasteiger partial charge on any atom is 0.315 e. The van der Waals surface area contributed by atoms with Crippen LogP contribution < -0.4 is 29.6 Å². The lowest BCUT2D eigenvalue weighted by Crippen LogP contribution is -2.37. The van der Waals surface area contributed by atoms with Gasteiger partial charge in [0.2, 0.25) is 0 Å². The molecule has 2 N–H and O–H groups in total. The molecule has 0 spiro atoms. The van der Waals surface area contributed by atoms with Crippen LogP contribution in [-0.4, -0.2) is 40.0 Å². The fourth-order valence-electron chi connectivity index (χ4n) is 2.37. The van der Waals surface area contributed by atoms with Crippen LogP contribution in [0.1, 0.15) is 12.5 Å². The van der Waals surface area contributed by atoms with Crippen molar-refractivity contribution in [1.82, 2.24) is 10.6 Å². The summed E-state index contributed by atoms with van der Waals surface area (Å²) in [5.41, 5.74) is 0.911. The number of urea groups is 1. The first-order valence-electron chi connectivity index (χ1n) is 8.74. The summed E-state index contributed by atoms with van der Waals surface area (Å²) >= 11 is 0. The first-order chi connectivity index (χ1) is 13.2. The van der Waals surface area contributed by atoms with Crippen molar-refractivity contribution < 1.29 is 23.7 Å². The van der Waals surface area contributed by atoms with Gasteiger partial charge in [0.15, 0.2) is 11.5 Å². The smallest absolute Gasteiger partial charge is 0.315 e. The fraction of sp³-hybridized carbons (Fsp3) is 0.350. The van der Waals surface area contributed by atoms with E-state index in [1.54, 1.807) is 20.3 Å². The minimum atomic E-state index is -0.264. The predicted octanol–water partition coefficient (Wildman–Crippen LogP) is 2.98. The van der Waals surface area contributed by atoms with Crippen LogP contribution >= 0.6 is 0 Å². The van der Waals surface area contributed by atoms with Gasteiger partial charge in [-0.3, -0.25) is 0 Å². The normalized spacial score (nSPS) is 10.0. The molecule has 0 fully saturated rings. The molecule has 2 rings (SSSR count). The maximum atomic E-state index is 11.9. The Bertz CT molecular complexity index is 719. The van der Waals surface area contributed by atoms with Crippen molar-refractivity contribution in [3.63, 3.8) is 0 Å². The van der Waals surface area contributed by atoms with Crippen molar-refractivity contribution >= 4 is 6.03 Å². The standard InChI is InChI=1S/C20H26N2O5/c1-4-26-16-6-8-17(9-7-16)27-12-11-21-20(23)22-14-15-5-10-18(24-2)19(13-15)25-3/h5-10,13H,4,11-12,14H2,1-3H3,(H2,21,22,23). The van der Waals surface area contributed by atoms with Gasteiger partial charge < -0.3 is 29.6 Å². The van der Waals surface area contributed by atoms with Gasteiger partial charge >= 0.3 is 6.03 Å². The summed E-state index contributed by atoms with van der Waals surface area (Å²) in [5, 5.41) is 5.54. The Morgan fingerprint density at radius 1 is 0.889 bits per heavy atom. The van der Waals surface area contributed by atoms with Crippen LogP contribution in [0.3, 0.4) is 0 Å². The molecule has 0 radical (unpaired) electrons. The molecular formula is C20H26N2O5. The zero-order valence-corrected chi connectivity index (χ0v) is 15.9. The summed E-state index contributed by atoms with van der Waals surface area (Å²) in [7, 11) is 3.16. The predicted molar refractivity (Wildman–Crippen MR) is 103 cm³/mol. The van der Waals surface area contributed by atoms with E-state index in [0.29, 0.717) is 37.8 Å². The van der Waals surface area contributed by atoms with Crippen LogP contribution in [0.15, 0.2) is 42.5 Å². The summed E-state index contributed by atoms with van der Waals surface area (Å²) < 4.78 is 21.4. The molecule has 0 aliphatic carbocycles. The number of carbonyl (C=O) groups is 1. The van der Waals surface area contributed by atoms with E-state index in [1.807, 2.05) is 43.3 Å². The number of hydrogen-bond acceptors (Lipinski definition) is 5. The summed E-state index contributed by atoms with van der Waals surface area (Å²) in [6, 6.07) is 12.6. The fourth-order valence-corrected chi connectivity index (χ4v) is 2.37. The highest BCUT2D eigenvalue weighted by Gasteiger charge is 2.06. The summed E-state index contributed by atoms with van der Waals surface area (Å²) in [6.07, 6.45) is 0. The zero-order chi connectivity index (χ0) is 19.5. The van der Waals surface area contributed by atoms with E-state index in [2.05, 4.69) is 10.6 Å². The lowest BCUT2D eigenvalue weighted by Gasteiger charge is -2.11. The second kappa shape index (κ2) is 10.8. The molecule has 0 aliphatic heterocycles. The van der Waals surface area contributed by atoms with E-state index < -0.39 is 0 Å². The summed E-state index contributed by atoms with van der Waals surface area (Å²) in [4.78, 5) is 11.9. The Morgan fingerprint density at radius 3 is 2.19 bits per heavy atom. The van der Waals surface area contributed by atoms with Gasteiger partial charge in [0.1, 0.15) is 18.1 Å². The third kappa shape index (κ3) is 6.62. The second-order valence-electron chi connectivity index (χ2n) is 5.55. The Labute approximate surface area is 159 Å². The number of carbonyl (C=O) groups excluding carboxylic acids is 1. The van der Waals surface area contributed by atoms with Gasteiger partial charge in [0.05, 0.1) is 27.4 Å². The van der Waals surface area contributed by atoms with Crippen molar-refractivity contribution in [1.29, 1.82) is 0 Å². The zero-order valence-electron chi connectivity index (χ0n) is 15.9. The molecule has 0 atom stereocenters. The SMILES string of the molecule is CCOc1ccc(OCCNC(=O)NCc2ccc(OC)c(OC)c2)cc1. The van der Waals surface area contributed by atoms with E-state index in [0.717, 1.165) is 17.1 Å². The van der Waals surface area contributed by atoms with Gasteiger partial charge in [-0.2, -0.15) is 0 Å². The number of amides is 2. The van der Waals surface area contributed by atoms with Crippen LogP contribution in [0.4, 0.5) is 4.79 Å². The third-order valence-electron chi connectivity index (χ3n) is 3.69. The molecule has 0 aliphatic rings. The first kappa shape index (κ1) is 20.2. The van der Waals surface area contributed by atoms with E-state index in [9.17, 15) is 4.79 Å². The monoisotopic (exact) mass is 374 g/mol. The van der Waals surface area contributed by atoms with E-state index >= 15 is 0 Å².